The predicted molar refractivity (Wildman–Crippen MR) is 91.5 cm³/mol. The average molecular weight is 344 g/mol. The number of hydrogen-bond donors (Lipinski definition) is 1. The number of amides is 1. The van der Waals surface area contributed by atoms with Crippen LogP contribution in [-0.2, 0) is 11.3 Å². The minimum atomic E-state index is 0.0275. The van der Waals surface area contributed by atoms with Crippen molar-refractivity contribution in [3.8, 4) is 0 Å². The van der Waals surface area contributed by atoms with Crippen LogP contribution in [0.15, 0.2) is 28.9 Å². The Bertz CT molecular complexity index is 681. The van der Waals surface area contributed by atoms with E-state index in [1.54, 1.807) is 6.20 Å². The van der Waals surface area contributed by atoms with Gasteiger partial charge in [0.25, 0.3) is 0 Å². The van der Waals surface area contributed by atoms with E-state index >= 15 is 0 Å². The molecule has 0 unspecified atom stereocenters. The van der Waals surface area contributed by atoms with Crippen molar-refractivity contribution in [2.24, 2.45) is 0 Å². The Kier molecular flexibility index (Phi) is 5.72. The molecule has 3 rings (SSSR count). The maximum Gasteiger partial charge on any atom is 0.243 e. The lowest BCUT2D eigenvalue weighted by Crippen LogP contribution is -2.49. The summed E-state index contributed by atoms with van der Waals surface area (Å²) in [7, 11) is 0. The smallest absolute Gasteiger partial charge is 0.243 e. The fourth-order valence-electron chi connectivity index (χ4n) is 2.90. The van der Waals surface area contributed by atoms with Crippen LogP contribution in [0.5, 0.6) is 0 Å². The number of nitrogens with one attached hydrogen (secondary N) is 1. The van der Waals surface area contributed by atoms with Crippen LogP contribution in [0.4, 0.5) is 0 Å². The average Bonchev–Trinajstić information content (AvgIpc) is 3.07. The molecule has 0 spiro atoms. The third kappa shape index (κ3) is 4.83. The summed E-state index contributed by atoms with van der Waals surface area (Å²) in [4.78, 5) is 25.1. The van der Waals surface area contributed by atoms with E-state index in [4.69, 9.17) is 4.52 Å². The van der Waals surface area contributed by atoms with Gasteiger partial charge in [0.2, 0.25) is 11.8 Å². The molecule has 134 valence electrons. The third-order valence-electron chi connectivity index (χ3n) is 4.42. The van der Waals surface area contributed by atoms with E-state index < -0.39 is 0 Å². The molecule has 2 aromatic rings. The molecule has 25 heavy (non-hydrogen) atoms. The molecule has 1 aliphatic rings. The largest absolute Gasteiger partial charge is 0.349 e. The van der Waals surface area contributed by atoms with Crippen LogP contribution in [0.25, 0.3) is 0 Å². The van der Waals surface area contributed by atoms with Crippen molar-refractivity contribution < 1.29 is 9.32 Å². The first-order valence-electron chi connectivity index (χ1n) is 8.55. The maximum atomic E-state index is 12.1. The standard InChI is InChI=1S/C17H24N6O2/c1-13(17-20-14(2)21-25-17)23-9-7-22(8-10-23)12-16(24)19-11-15-5-3-4-6-18-15/h3-6,13H,7-12H2,1-2H3,(H,19,24)/t13-/m0/s1. The molecule has 1 amide bonds. The van der Waals surface area contributed by atoms with Crippen molar-refractivity contribution in [1.29, 1.82) is 0 Å². The zero-order chi connectivity index (χ0) is 17.6. The summed E-state index contributed by atoms with van der Waals surface area (Å²) in [5.74, 6) is 1.34. The van der Waals surface area contributed by atoms with Gasteiger partial charge in [-0.3, -0.25) is 19.6 Å². The van der Waals surface area contributed by atoms with Crippen molar-refractivity contribution in [3.63, 3.8) is 0 Å². The summed E-state index contributed by atoms with van der Waals surface area (Å²) in [6.07, 6.45) is 1.73. The van der Waals surface area contributed by atoms with Crippen LogP contribution >= 0.6 is 0 Å². The summed E-state index contributed by atoms with van der Waals surface area (Å²) in [6.45, 7) is 8.19. The Labute approximate surface area is 147 Å². The molecule has 8 heteroatoms. The second-order valence-electron chi connectivity index (χ2n) is 6.27. The molecule has 0 aliphatic carbocycles. The highest BCUT2D eigenvalue weighted by molar-refractivity contribution is 5.77. The molecule has 1 N–H and O–H groups in total. The van der Waals surface area contributed by atoms with Crippen molar-refractivity contribution in [3.05, 3.63) is 41.8 Å². The highest BCUT2D eigenvalue weighted by atomic mass is 16.5. The maximum absolute atomic E-state index is 12.1. The predicted octanol–water partition coefficient (Wildman–Crippen LogP) is 0.768. The van der Waals surface area contributed by atoms with Gasteiger partial charge in [0.15, 0.2) is 5.82 Å². The summed E-state index contributed by atoms with van der Waals surface area (Å²) in [5, 5.41) is 6.77. The first-order chi connectivity index (χ1) is 12.1. The van der Waals surface area contributed by atoms with Crippen LogP contribution < -0.4 is 5.32 Å². The Morgan fingerprint density at radius 2 is 2.12 bits per heavy atom. The van der Waals surface area contributed by atoms with Gasteiger partial charge in [-0.15, -0.1) is 0 Å². The van der Waals surface area contributed by atoms with Gasteiger partial charge in [-0.25, -0.2) is 0 Å². The molecule has 3 heterocycles. The van der Waals surface area contributed by atoms with Crippen molar-refractivity contribution in [2.75, 3.05) is 32.7 Å². The minimum Gasteiger partial charge on any atom is -0.349 e. The lowest BCUT2D eigenvalue weighted by molar-refractivity contribution is -0.122. The zero-order valence-electron chi connectivity index (χ0n) is 14.7. The highest BCUT2D eigenvalue weighted by Gasteiger charge is 2.26. The molecule has 8 nitrogen and oxygen atoms in total. The number of carbonyl (C=O) groups excluding carboxylic acids is 1. The van der Waals surface area contributed by atoms with Gasteiger partial charge in [-0.1, -0.05) is 11.2 Å². The fraction of sp³-hybridized carbons (Fsp3) is 0.529. The number of hydrogen-bond acceptors (Lipinski definition) is 7. The lowest BCUT2D eigenvalue weighted by Gasteiger charge is -2.36. The minimum absolute atomic E-state index is 0.0275. The molecule has 0 bridgehead atoms. The Morgan fingerprint density at radius 3 is 2.76 bits per heavy atom. The Balaban J connectivity index is 1.40. The van der Waals surface area contributed by atoms with E-state index in [-0.39, 0.29) is 11.9 Å². The number of piperazine rings is 1. The molecular formula is C17H24N6O2. The van der Waals surface area contributed by atoms with E-state index in [0.717, 1.165) is 31.9 Å². The topological polar surface area (TPSA) is 87.4 Å². The molecule has 1 fully saturated rings. The summed E-state index contributed by atoms with van der Waals surface area (Å²) < 4.78 is 5.26. The Morgan fingerprint density at radius 1 is 1.32 bits per heavy atom. The number of pyridine rings is 1. The van der Waals surface area contributed by atoms with E-state index in [9.17, 15) is 4.79 Å². The van der Waals surface area contributed by atoms with Gasteiger partial charge in [-0.05, 0) is 26.0 Å². The van der Waals surface area contributed by atoms with Crippen LogP contribution in [0.3, 0.4) is 0 Å². The van der Waals surface area contributed by atoms with E-state index in [1.807, 2.05) is 25.1 Å². The molecule has 0 aromatic carbocycles. The zero-order valence-corrected chi connectivity index (χ0v) is 14.7. The van der Waals surface area contributed by atoms with Crippen LogP contribution in [0, 0.1) is 6.92 Å². The number of rotatable bonds is 6. The van der Waals surface area contributed by atoms with E-state index in [0.29, 0.717) is 24.8 Å². The number of carbonyl (C=O) groups is 1. The summed E-state index contributed by atoms with van der Waals surface area (Å²) in [6, 6.07) is 5.78. The number of aryl methyl sites for hydroxylation is 1. The van der Waals surface area contributed by atoms with Crippen molar-refractivity contribution >= 4 is 5.91 Å². The van der Waals surface area contributed by atoms with Gasteiger partial charge in [-0.2, -0.15) is 4.98 Å². The second kappa shape index (κ2) is 8.17. The van der Waals surface area contributed by atoms with Crippen LogP contribution in [-0.4, -0.2) is 63.6 Å². The Hall–Kier alpha value is -2.32. The van der Waals surface area contributed by atoms with Crippen molar-refractivity contribution in [1.82, 2.24) is 30.2 Å². The summed E-state index contributed by atoms with van der Waals surface area (Å²) >= 11 is 0. The van der Waals surface area contributed by atoms with E-state index in [1.165, 1.54) is 0 Å². The first-order valence-corrected chi connectivity index (χ1v) is 8.55. The van der Waals surface area contributed by atoms with Crippen LogP contribution in [0.1, 0.15) is 30.4 Å². The number of nitrogens with zero attached hydrogens (tertiary/aromatic N) is 5. The molecule has 2 aromatic heterocycles. The van der Waals surface area contributed by atoms with Crippen LogP contribution in [0.2, 0.25) is 0 Å². The van der Waals surface area contributed by atoms with Gasteiger partial charge in [0.05, 0.1) is 24.8 Å². The third-order valence-corrected chi connectivity index (χ3v) is 4.42. The molecule has 1 aliphatic heterocycles. The molecule has 0 saturated carbocycles. The van der Waals surface area contributed by atoms with Crippen molar-refractivity contribution in [2.45, 2.75) is 26.4 Å². The van der Waals surface area contributed by atoms with Gasteiger partial charge < -0.3 is 9.84 Å². The van der Waals surface area contributed by atoms with Gasteiger partial charge in [0.1, 0.15) is 0 Å². The monoisotopic (exact) mass is 344 g/mol. The highest BCUT2D eigenvalue weighted by Crippen LogP contribution is 2.19. The number of aromatic nitrogens is 3. The first kappa shape index (κ1) is 17.5. The quantitative estimate of drug-likeness (QED) is 0.828. The van der Waals surface area contributed by atoms with E-state index in [2.05, 4.69) is 37.2 Å². The van der Waals surface area contributed by atoms with Gasteiger partial charge >= 0.3 is 0 Å². The fourth-order valence-corrected chi connectivity index (χ4v) is 2.90. The normalized spacial score (nSPS) is 17.4. The lowest BCUT2D eigenvalue weighted by atomic mass is 10.2. The summed E-state index contributed by atoms with van der Waals surface area (Å²) in [5.41, 5.74) is 0.865. The molecule has 1 saturated heterocycles. The molecular weight excluding hydrogens is 320 g/mol. The molecule has 0 radical (unpaired) electrons. The second-order valence-corrected chi connectivity index (χ2v) is 6.27. The SMILES string of the molecule is Cc1noc([C@H](C)N2CCN(CC(=O)NCc3ccccn3)CC2)n1. The van der Waals surface area contributed by atoms with Gasteiger partial charge in [0, 0.05) is 32.4 Å². The molecule has 1 atom stereocenters.